The van der Waals surface area contributed by atoms with Crippen LogP contribution >= 0.6 is 29.3 Å². The van der Waals surface area contributed by atoms with Crippen molar-refractivity contribution in [2.75, 3.05) is 4.67 Å². The Bertz CT molecular complexity index is 561. The largest absolute Gasteiger partial charge is 0.294 e. The van der Waals surface area contributed by atoms with E-state index in [0.717, 1.165) is 22.5 Å². The standard InChI is InChI=1S/C14H10Cl2NP/c15-18(16)17-13-7-3-1-5-11(13)9-10-12-6-2-4-8-14(12)17/h1-10H. The van der Waals surface area contributed by atoms with Gasteiger partial charge in [-0.25, -0.2) is 0 Å². The molecule has 0 N–H and O–H groups in total. The van der Waals surface area contributed by atoms with Crippen molar-refractivity contribution in [3.63, 3.8) is 0 Å². The first-order valence-electron chi connectivity index (χ1n) is 5.55. The van der Waals surface area contributed by atoms with E-state index in [9.17, 15) is 0 Å². The highest BCUT2D eigenvalue weighted by atomic mass is 35.9. The van der Waals surface area contributed by atoms with E-state index in [4.69, 9.17) is 22.5 Å². The second-order valence-corrected chi connectivity index (χ2v) is 7.25. The first-order chi connectivity index (χ1) is 8.77. The Hall–Kier alpha value is -1.01. The van der Waals surface area contributed by atoms with Gasteiger partial charge in [-0.3, -0.25) is 4.67 Å². The van der Waals surface area contributed by atoms with E-state index in [0.29, 0.717) is 0 Å². The van der Waals surface area contributed by atoms with E-state index in [1.807, 2.05) is 41.1 Å². The molecule has 0 radical (unpaired) electrons. The first-order valence-corrected chi connectivity index (χ1v) is 8.66. The fraction of sp³-hybridized carbons (Fsp3) is 0. The molecule has 0 aliphatic carbocycles. The molecule has 1 nitrogen and oxygen atoms in total. The van der Waals surface area contributed by atoms with Crippen molar-refractivity contribution in [3.05, 3.63) is 59.7 Å². The molecule has 0 atom stereocenters. The lowest BCUT2D eigenvalue weighted by Gasteiger charge is -2.26. The van der Waals surface area contributed by atoms with E-state index >= 15 is 0 Å². The number of para-hydroxylation sites is 2. The summed E-state index contributed by atoms with van der Waals surface area (Å²) in [4.78, 5) is 0. The highest BCUT2D eigenvalue weighted by molar-refractivity contribution is 8.05. The number of nitrogens with zero attached hydrogens (tertiary/aromatic N) is 1. The van der Waals surface area contributed by atoms with Crippen LogP contribution in [0.1, 0.15) is 11.1 Å². The fourth-order valence-corrected chi connectivity index (χ4v) is 3.78. The number of rotatable bonds is 1. The van der Waals surface area contributed by atoms with Crippen LogP contribution in [0.3, 0.4) is 0 Å². The molecule has 1 aliphatic rings. The van der Waals surface area contributed by atoms with E-state index in [2.05, 4.69) is 24.3 Å². The molecule has 0 unspecified atom stereocenters. The summed E-state index contributed by atoms with van der Waals surface area (Å²) in [5, 5.41) is 0. The number of benzene rings is 2. The Kier molecular flexibility index (Phi) is 3.30. The van der Waals surface area contributed by atoms with Crippen molar-refractivity contribution >= 4 is 52.8 Å². The van der Waals surface area contributed by atoms with Crippen LogP contribution < -0.4 is 4.67 Å². The predicted molar refractivity (Wildman–Crippen MR) is 82.6 cm³/mol. The summed E-state index contributed by atoms with van der Waals surface area (Å²) in [7, 11) is 0. The molecular weight excluding hydrogens is 284 g/mol. The minimum atomic E-state index is -1.27. The second-order valence-electron chi connectivity index (χ2n) is 3.98. The molecule has 1 heterocycles. The van der Waals surface area contributed by atoms with Gasteiger partial charge in [-0.05, 0) is 23.3 Å². The van der Waals surface area contributed by atoms with Crippen LogP contribution in [-0.2, 0) is 0 Å². The molecule has 90 valence electrons. The van der Waals surface area contributed by atoms with Crippen LogP contribution in [0.15, 0.2) is 48.5 Å². The van der Waals surface area contributed by atoms with Gasteiger partial charge >= 0.3 is 0 Å². The molecule has 4 heteroatoms. The zero-order valence-corrected chi connectivity index (χ0v) is 11.8. The maximum absolute atomic E-state index is 6.21. The van der Waals surface area contributed by atoms with Gasteiger partial charge in [0, 0.05) is 0 Å². The molecule has 3 rings (SSSR count). The Morgan fingerprint density at radius 3 is 1.61 bits per heavy atom. The lowest BCUT2D eigenvalue weighted by atomic mass is 10.1. The summed E-state index contributed by atoms with van der Waals surface area (Å²) >= 11 is 12.4. The topological polar surface area (TPSA) is 3.24 Å². The SMILES string of the molecule is ClP(Cl)N1c2ccccc2C=Cc2ccccc21. The Balaban J connectivity index is 2.27. The maximum Gasteiger partial charge on any atom is 0.192 e. The molecule has 0 aromatic heterocycles. The molecular formula is C14H10Cl2NP. The average Bonchev–Trinajstić information content (AvgIpc) is 2.55. The molecule has 0 bridgehead atoms. The minimum Gasteiger partial charge on any atom is -0.294 e. The van der Waals surface area contributed by atoms with Gasteiger partial charge in [-0.2, -0.15) is 0 Å². The van der Waals surface area contributed by atoms with Crippen LogP contribution in [0, 0.1) is 0 Å². The van der Waals surface area contributed by atoms with Crippen molar-refractivity contribution < 1.29 is 0 Å². The highest BCUT2D eigenvalue weighted by Gasteiger charge is 2.22. The summed E-state index contributed by atoms with van der Waals surface area (Å²) < 4.78 is 2.00. The summed E-state index contributed by atoms with van der Waals surface area (Å²) in [5.41, 5.74) is 4.36. The fourth-order valence-electron chi connectivity index (χ4n) is 2.11. The molecule has 1 aliphatic heterocycles. The van der Waals surface area contributed by atoms with Crippen LogP contribution in [0.4, 0.5) is 11.4 Å². The highest BCUT2D eigenvalue weighted by Crippen LogP contribution is 2.58. The van der Waals surface area contributed by atoms with E-state index < -0.39 is 6.78 Å². The van der Waals surface area contributed by atoms with Crippen LogP contribution in [-0.4, -0.2) is 0 Å². The third-order valence-corrected chi connectivity index (χ3v) is 4.56. The van der Waals surface area contributed by atoms with Gasteiger partial charge in [0.25, 0.3) is 0 Å². The van der Waals surface area contributed by atoms with Gasteiger partial charge < -0.3 is 0 Å². The Morgan fingerprint density at radius 2 is 1.17 bits per heavy atom. The van der Waals surface area contributed by atoms with E-state index in [1.54, 1.807) is 0 Å². The molecule has 0 fully saturated rings. The number of anilines is 2. The van der Waals surface area contributed by atoms with E-state index in [1.165, 1.54) is 0 Å². The first kappa shape index (κ1) is 12.0. The quantitative estimate of drug-likeness (QED) is 0.582. The average molecular weight is 294 g/mol. The Morgan fingerprint density at radius 1 is 0.722 bits per heavy atom. The molecule has 0 spiro atoms. The van der Waals surface area contributed by atoms with Crippen molar-refractivity contribution in [2.24, 2.45) is 0 Å². The number of fused-ring (bicyclic) bond motifs is 2. The monoisotopic (exact) mass is 293 g/mol. The molecule has 0 amide bonds. The van der Waals surface area contributed by atoms with Crippen LogP contribution in [0.25, 0.3) is 12.2 Å². The van der Waals surface area contributed by atoms with Gasteiger partial charge in [0.2, 0.25) is 0 Å². The summed E-state index contributed by atoms with van der Waals surface area (Å²) in [5.74, 6) is 0. The predicted octanol–water partition coefficient (Wildman–Crippen LogP) is 6.01. The smallest absolute Gasteiger partial charge is 0.192 e. The van der Waals surface area contributed by atoms with Gasteiger partial charge in [0.15, 0.2) is 6.78 Å². The van der Waals surface area contributed by atoms with Crippen LogP contribution in [0.5, 0.6) is 0 Å². The zero-order chi connectivity index (χ0) is 12.5. The molecule has 2 aromatic carbocycles. The minimum absolute atomic E-state index is 1.05. The molecule has 0 saturated carbocycles. The number of halogens is 2. The van der Waals surface area contributed by atoms with Gasteiger partial charge in [0.1, 0.15) is 0 Å². The second kappa shape index (κ2) is 4.93. The summed E-state index contributed by atoms with van der Waals surface area (Å²) in [6, 6.07) is 16.3. The van der Waals surface area contributed by atoms with Gasteiger partial charge in [-0.1, -0.05) is 71.0 Å². The van der Waals surface area contributed by atoms with Crippen molar-refractivity contribution in [3.8, 4) is 0 Å². The van der Waals surface area contributed by atoms with E-state index in [-0.39, 0.29) is 0 Å². The summed E-state index contributed by atoms with van der Waals surface area (Å²) in [6.07, 6.45) is 4.20. The normalized spacial score (nSPS) is 13.2. The molecule has 18 heavy (non-hydrogen) atoms. The Labute approximate surface area is 117 Å². The van der Waals surface area contributed by atoms with Gasteiger partial charge in [0.05, 0.1) is 11.4 Å². The van der Waals surface area contributed by atoms with Crippen molar-refractivity contribution in [2.45, 2.75) is 0 Å². The summed E-state index contributed by atoms with van der Waals surface area (Å²) in [6.45, 7) is -1.27. The third kappa shape index (κ3) is 2.03. The lowest BCUT2D eigenvalue weighted by Crippen LogP contribution is -2.07. The van der Waals surface area contributed by atoms with Crippen molar-refractivity contribution in [1.29, 1.82) is 0 Å². The van der Waals surface area contributed by atoms with Gasteiger partial charge in [-0.15, -0.1) is 0 Å². The van der Waals surface area contributed by atoms with Crippen molar-refractivity contribution in [1.82, 2.24) is 0 Å². The lowest BCUT2D eigenvalue weighted by molar-refractivity contribution is 1.42. The van der Waals surface area contributed by atoms with Crippen LogP contribution in [0.2, 0.25) is 0 Å². The maximum atomic E-state index is 6.21. The zero-order valence-electron chi connectivity index (χ0n) is 9.42. The molecule has 2 aromatic rings. The number of hydrogen-bond acceptors (Lipinski definition) is 1. The third-order valence-electron chi connectivity index (χ3n) is 2.92. The molecule has 0 saturated heterocycles. The number of hydrogen-bond donors (Lipinski definition) is 0.